The Morgan fingerprint density at radius 3 is 2.58 bits per heavy atom. The summed E-state index contributed by atoms with van der Waals surface area (Å²) in [5.74, 6) is 0. The molecule has 0 aromatic heterocycles. The molecule has 0 amide bonds. The normalized spacial score (nSPS) is 11.7. The molecule has 0 radical (unpaired) electrons. The SMILES string of the molecule is C[C@@H](O)c1ccccc1N(C)c1cccc(C#N)c1. The van der Waals surface area contributed by atoms with Crippen LogP contribution >= 0.6 is 0 Å². The Kier molecular flexibility index (Phi) is 3.84. The molecule has 0 spiro atoms. The molecule has 0 bridgehead atoms. The van der Waals surface area contributed by atoms with Crippen molar-refractivity contribution in [1.82, 2.24) is 0 Å². The molecule has 3 nitrogen and oxygen atoms in total. The smallest absolute Gasteiger partial charge is 0.0992 e. The maximum atomic E-state index is 9.82. The molecule has 0 heterocycles. The number of anilines is 2. The second kappa shape index (κ2) is 5.55. The van der Waals surface area contributed by atoms with Gasteiger partial charge in [-0.05, 0) is 31.2 Å². The zero-order valence-electron chi connectivity index (χ0n) is 11.0. The number of rotatable bonds is 3. The van der Waals surface area contributed by atoms with Gasteiger partial charge in [-0.1, -0.05) is 24.3 Å². The summed E-state index contributed by atoms with van der Waals surface area (Å²) in [6, 6.07) is 17.3. The first kappa shape index (κ1) is 13.1. The number of nitriles is 1. The molecule has 96 valence electrons. The van der Waals surface area contributed by atoms with Crippen molar-refractivity contribution in [2.24, 2.45) is 0 Å². The first-order valence-corrected chi connectivity index (χ1v) is 6.14. The van der Waals surface area contributed by atoms with Crippen LogP contribution in [0.15, 0.2) is 48.5 Å². The van der Waals surface area contributed by atoms with E-state index in [2.05, 4.69) is 6.07 Å². The van der Waals surface area contributed by atoms with Gasteiger partial charge in [-0.15, -0.1) is 0 Å². The van der Waals surface area contributed by atoms with Crippen LogP contribution in [0.1, 0.15) is 24.2 Å². The van der Waals surface area contributed by atoms with E-state index in [0.717, 1.165) is 16.9 Å². The Morgan fingerprint density at radius 1 is 1.16 bits per heavy atom. The number of para-hydroxylation sites is 1. The summed E-state index contributed by atoms with van der Waals surface area (Å²) in [6.45, 7) is 1.75. The second-order valence-electron chi connectivity index (χ2n) is 4.46. The Morgan fingerprint density at radius 2 is 1.89 bits per heavy atom. The van der Waals surface area contributed by atoms with Gasteiger partial charge in [0, 0.05) is 24.0 Å². The second-order valence-corrected chi connectivity index (χ2v) is 4.46. The molecule has 3 heteroatoms. The van der Waals surface area contributed by atoms with Crippen LogP contribution in [0.5, 0.6) is 0 Å². The van der Waals surface area contributed by atoms with E-state index in [-0.39, 0.29) is 0 Å². The van der Waals surface area contributed by atoms with Crippen molar-refractivity contribution in [3.8, 4) is 6.07 Å². The minimum atomic E-state index is -0.530. The number of hydrogen-bond donors (Lipinski definition) is 1. The zero-order chi connectivity index (χ0) is 13.8. The van der Waals surface area contributed by atoms with Gasteiger partial charge in [-0.25, -0.2) is 0 Å². The molecule has 2 rings (SSSR count). The fourth-order valence-electron chi connectivity index (χ4n) is 2.07. The standard InChI is InChI=1S/C16H16N2O/c1-12(19)15-8-3-4-9-16(15)18(2)14-7-5-6-13(10-14)11-17/h3-10,12,19H,1-2H3/t12-/m1/s1. The van der Waals surface area contributed by atoms with E-state index in [1.807, 2.05) is 54.4 Å². The molecule has 1 N–H and O–H groups in total. The Bertz CT molecular complexity index is 614. The molecule has 0 saturated carbocycles. The highest BCUT2D eigenvalue weighted by molar-refractivity contribution is 5.67. The first-order chi connectivity index (χ1) is 9.13. The maximum Gasteiger partial charge on any atom is 0.0992 e. The Hall–Kier alpha value is -2.31. The maximum absolute atomic E-state index is 9.82. The van der Waals surface area contributed by atoms with Crippen molar-refractivity contribution in [2.45, 2.75) is 13.0 Å². The Balaban J connectivity index is 2.44. The third kappa shape index (κ3) is 2.75. The van der Waals surface area contributed by atoms with Crippen LogP contribution in [-0.4, -0.2) is 12.2 Å². The lowest BCUT2D eigenvalue weighted by Gasteiger charge is -2.23. The molecule has 2 aromatic carbocycles. The number of nitrogens with zero attached hydrogens (tertiary/aromatic N) is 2. The van der Waals surface area contributed by atoms with Gasteiger partial charge in [0.25, 0.3) is 0 Å². The third-order valence-electron chi connectivity index (χ3n) is 3.11. The van der Waals surface area contributed by atoms with Crippen LogP contribution in [0.2, 0.25) is 0 Å². The minimum absolute atomic E-state index is 0.530. The molecule has 2 aromatic rings. The van der Waals surface area contributed by atoms with E-state index in [9.17, 15) is 5.11 Å². The topological polar surface area (TPSA) is 47.3 Å². The molecular weight excluding hydrogens is 236 g/mol. The molecule has 0 aliphatic rings. The molecule has 0 fully saturated rings. The van der Waals surface area contributed by atoms with Crippen molar-refractivity contribution in [3.05, 3.63) is 59.7 Å². The summed E-state index contributed by atoms with van der Waals surface area (Å²) in [7, 11) is 1.93. The van der Waals surface area contributed by atoms with Gasteiger partial charge in [0.15, 0.2) is 0 Å². The molecule has 0 unspecified atom stereocenters. The van der Waals surface area contributed by atoms with Crippen molar-refractivity contribution in [3.63, 3.8) is 0 Å². The summed E-state index contributed by atoms with van der Waals surface area (Å²) in [5, 5.41) is 18.8. The molecule has 0 saturated heterocycles. The summed E-state index contributed by atoms with van der Waals surface area (Å²) in [6.07, 6.45) is -0.530. The van der Waals surface area contributed by atoms with Crippen LogP contribution in [0.3, 0.4) is 0 Å². The zero-order valence-corrected chi connectivity index (χ0v) is 11.0. The summed E-state index contributed by atoms with van der Waals surface area (Å²) < 4.78 is 0. The number of hydrogen-bond acceptors (Lipinski definition) is 3. The molecular formula is C16H16N2O. The monoisotopic (exact) mass is 252 g/mol. The lowest BCUT2D eigenvalue weighted by atomic mass is 10.1. The van der Waals surface area contributed by atoms with E-state index >= 15 is 0 Å². The van der Waals surface area contributed by atoms with Crippen LogP contribution in [-0.2, 0) is 0 Å². The highest BCUT2D eigenvalue weighted by Crippen LogP contribution is 2.30. The molecule has 19 heavy (non-hydrogen) atoms. The minimum Gasteiger partial charge on any atom is -0.389 e. The van der Waals surface area contributed by atoms with Gasteiger partial charge in [0.1, 0.15) is 0 Å². The largest absolute Gasteiger partial charge is 0.389 e. The van der Waals surface area contributed by atoms with Crippen LogP contribution in [0.25, 0.3) is 0 Å². The van der Waals surface area contributed by atoms with Crippen LogP contribution in [0.4, 0.5) is 11.4 Å². The van der Waals surface area contributed by atoms with E-state index in [1.54, 1.807) is 13.0 Å². The van der Waals surface area contributed by atoms with Crippen molar-refractivity contribution < 1.29 is 5.11 Å². The number of aliphatic hydroxyl groups is 1. The van der Waals surface area contributed by atoms with Crippen molar-refractivity contribution in [1.29, 1.82) is 5.26 Å². The van der Waals surface area contributed by atoms with Gasteiger partial charge in [-0.2, -0.15) is 5.26 Å². The lowest BCUT2D eigenvalue weighted by Crippen LogP contribution is -2.12. The fraction of sp³-hybridized carbons (Fsp3) is 0.188. The highest BCUT2D eigenvalue weighted by Gasteiger charge is 2.12. The lowest BCUT2D eigenvalue weighted by molar-refractivity contribution is 0.200. The van der Waals surface area contributed by atoms with Crippen LogP contribution in [0, 0.1) is 11.3 Å². The fourth-order valence-corrected chi connectivity index (χ4v) is 2.07. The third-order valence-corrected chi connectivity index (χ3v) is 3.11. The van der Waals surface area contributed by atoms with Gasteiger partial charge >= 0.3 is 0 Å². The van der Waals surface area contributed by atoms with E-state index in [4.69, 9.17) is 5.26 Å². The van der Waals surface area contributed by atoms with E-state index in [1.165, 1.54) is 0 Å². The summed E-state index contributed by atoms with van der Waals surface area (Å²) >= 11 is 0. The van der Waals surface area contributed by atoms with Crippen molar-refractivity contribution >= 4 is 11.4 Å². The van der Waals surface area contributed by atoms with Crippen molar-refractivity contribution in [2.75, 3.05) is 11.9 Å². The molecule has 0 aliphatic carbocycles. The molecule has 1 atom stereocenters. The summed E-state index contributed by atoms with van der Waals surface area (Å²) in [4.78, 5) is 1.98. The summed E-state index contributed by atoms with van der Waals surface area (Å²) in [5.41, 5.74) is 3.35. The predicted octanol–water partition coefficient (Wildman–Crippen LogP) is 3.38. The van der Waals surface area contributed by atoms with E-state index < -0.39 is 6.10 Å². The van der Waals surface area contributed by atoms with E-state index in [0.29, 0.717) is 5.56 Å². The van der Waals surface area contributed by atoms with Gasteiger partial charge in [-0.3, -0.25) is 0 Å². The van der Waals surface area contributed by atoms with Gasteiger partial charge in [0.05, 0.1) is 17.7 Å². The number of benzene rings is 2. The highest BCUT2D eigenvalue weighted by atomic mass is 16.3. The first-order valence-electron chi connectivity index (χ1n) is 6.14. The average Bonchev–Trinajstić information content (AvgIpc) is 2.46. The number of aliphatic hydroxyl groups excluding tert-OH is 1. The predicted molar refractivity (Wildman–Crippen MR) is 76.3 cm³/mol. The Labute approximate surface area is 113 Å². The van der Waals surface area contributed by atoms with Gasteiger partial charge in [0.2, 0.25) is 0 Å². The quantitative estimate of drug-likeness (QED) is 0.911. The molecule has 0 aliphatic heterocycles. The van der Waals surface area contributed by atoms with Gasteiger partial charge < -0.3 is 10.0 Å². The average molecular weight is 252 g/mol. The van der Waals surface area contributed by atoms with Crippen LogP contribution < -0.4 is 4.90 Å².